The smallest absolute Gasteiger partial charge is 0.168 e. The highest BCUT2D eigenvalue weighted by Gasteiger charge is 2.24. The second kappa shape index (κ2) is 3.70. The van der Waals surface area contributed by atoms with Crippen molar-refractivity contribution in [3.63, 3.8) is 0 Å². The van der Waals surface area contributed by atoms with Crippen LogP contribution in [0.15, 0.2) is 12.4 Å². The molecule has 1 aliphatic carbocycles. The summed E-state index contributed by atoms with van der Waals surface area (Å²) in [4.78, 5) is 19.6. The minimum atomic E-state index is 0.510. The normalized spacial score (nSPS) is 14.8. The summed E-state index contributed by atoms with van der Waals surface area (Å²) in [5.41, 5.74) is 2.71. The molecule has 17 heavy (non-hydrogen) atoms. The van der Waals surface area contributed by atoms with Crippen molar-refractivity contribution in [3.8, 4) is 12.3 Å². The van der Waals surface area contributed by atoms with Gasteiger partial charge in [-0.15, -0.1) is 6.42 Å². The minimum Gasteiger partial charge on any atom is -0.296 e. The van der Waals surface area contributed by atoms with Crippen LogP contribution in [0.4, 0.5) is 0 Å². The van der Waals surface area contributed by atoms with Gasteiger partial charge in [-0.2, -0.15) is 0 Å². The van der Waals surface area contributed by atoms with Gasteiger partial charge in [-0.3, -0.25) is 9.20 Å². The molecular weight excluding hydrogens is 214 g/mol. The molecule has 3 rings (SSSR count). The summed E-state index contributed by atoms with van der Waals surface area (Å²) in [6.07, 6.45) is 12.8. The number of aldehydes is 1. The first-order chi connectivity index (χ1) is 8.31. The lowest BCUT2D eigenvalue weighted by molar-refractivity contribution is 0.111. The third-order valence-electron chi connectivity index (χ3n) is 3.04. The Balaban J connectivity index is 2.20. The third kappa shape index (κ3) is 1.70. The van der Waals surface area contributed by atoms with Crippen molar-refractivity contribution in [1.29, 1.82) is 0 Å². The van der Waals surface area contributed by atoms with E-state index in [0.29, 0.717) is 17.3 Å². The van der Waals surface area contributed by atoms with Gasteiger partial charge in [0.1, 0.15) is 11.4 Å². The quantitative estimate of drug-likeness (QED) is 0.587. The average molecular weight is 225 g/mol. The molecule has 4 nitrogen and oxygen atoms in total. The van der Waals surface area contributed by atoms with E-state index in [1.165, 1.54) is 12.8 Å². The van der Waals surface area contributed by atoms with E-state index >= 15 is 0 Å². The highest BCUT2D eigenvalue weighted by atomic mass is 16.1. The Hall–Kier alpha value is -2.15. The van der Waals surface area contributed by atoms with Gasteiger partial charge >= 0.3 is 0 Å². The van der Waals surface area contributed by atoms with Crippen LogP contribution in [0.25, 0.3) is 5.65 Å². The molecule has 1 fully saturated rings. The molecule has 0 amide bonds. The molecular formula is C13H11N3O. The molecule has 2 aromatic heterocycles. The Morgan fingerprint density at radius 3 is 3.06 bits per heavy atom. The zero-order chi connectivity index (χ0) is 11.8. The molecule has 2 heterocycles. The summed E-state index contributed by atoms with van der Waals surface area (Å²) >= 11 is 0. The van der Waals surface area contributed by atoms with E-state index in [9.17, 15) is 4.79 Å². The van der Waals surface area contributed by atoms with Crippen LogP contribution in [-0.4, -0.2) is 20.7 Å². The van der Waals surface area contributed by atoms with Crippen LogP contribution in [0.3, 0.4) is 0 Å². The average Bonchev–Trinajstić information content (AvgIpc) is 3.06. The van der Waals surface area contributed by atoms with Crippen LogP contribution < -0.4 is 0 Å². The topological polar surface area (TPSA) is 47.3 Å². The number of aromatic nitrogens is 3. The second-order valence-corrected chi connectivity index (χ2v) is 4.36. The second-order valence-electron chi connectivity index (χ2n) is 4.36. The van der Waals surface area contributed by atoms with E-state index in [-0.39, 0.29) is 0 Å². The van der Waals surface area contributed by atoms with Crippen LogP contribution in [0.2, 0.25) is 0 Å². The van der Waals surface area contributed by atoms with Crippen LogP contribution in [0.1, 0.15) is 34.7 Å². The zero-order valence-corrected chi connectivity index (χ0v) is 9.26. The van der Waals surface area contributed by atoms with Gasteiger partial charge in [0.25, 0.3) is 0 Å². The molecule has 84 valence electrons. The molecule has 1 aliphatic rings. The van der Waals surface area contributed by atoms with E-state index in [1.54, 1.807) is 16.8 Å². The first-order valence-corrected chi connectivity index (χ1v) is 5.60. The molecule has 0 aliphatic heterocycles. The fourth-order valence-electron chi connectivity index (χ4n) is 1.96. The number of fused-ring (bicyclic) bond motifs is 1. The van der Waals surface area contributed by atoms with Gasteiger partial charge in [0.15, 0.2) is 11.9 Å². The minimum absolute atomic E-state index is 0.510. The molecule has 0 spiro atoms. The van der Waals surface area contributed by atoms with Crippen LogP contribution in [0.5, 0.6) is 0 Å². The highest BCUT2D eigenvalue weighted by molar-refractivity contribution is 5.74. The van der Waals surface area contributed by atoms with Crippen molar-refractivity contribution in [3.05, 3.63) is 29.5 Å². The summed E-state index contributed by atoms with van der Waals surface area (Å²) in [5, 5.41) is 0. The Bertz CT molecular complexity index is 632. The number of carbonyl (C=O) groups excluding carboxylic acids is 1. The maximum Gasteiger partial charge on any atom is 0.168 e. The van der Waals surface area contributed by atoms with Gasteiger partial charge in [-0.05, 0) is 31.1 Å². The number of hydrogen-bond acceptors (Lipinski definition) is 3. The van der Waals surface area contributed by atoms with Crippen molar-refractivity contribution in [2.75, 3.05) is 0 Å². The van der Waals surface area contributed by atoms with Gasteiger partial charge < -0.3 is 0 Å². The molecule has 0 aromatic carbocycles. The maximum absolute atomic E-state index is 10.9. The lowest BCUT2D eigenvalue weighted by Gasteiger charge is -2.04. The number of rotatable bonds is 3. The number of terminal acetylenes is 1. The van der Waals surface area contributed by atoms with Crippen LogP contribution in [0, 0.1) is 18.3 Å². The summed E-state index contributed by atoms with van der Waals surface area (Å²) in [6.45, 7) is 0. The summed E-state index contributed by atoms with van der Waals surface area (Å²) in [7, 11) is 0. The highest BCUT2D eigenvalue weighted by Crippen LogP contribution is 2.33. The van der Waals surface area contributed by atoms with E-state index in [2.05, 4.69) is 15.9 Å². The zero-order valence-electron chi connectivity index (χ0n) is 9.26. The third-order valence-corrected chi connectivity index (χ3v) is 3.04. The van der Waals surface area contributed by atoms with Gasteiger partial charge in [0.2, 0.25) is 0 Å². The Kier molecular flexibility index (Phi) is 2.19. The number of carbonyl (C=O) groups is 1. The SMILES string of the molecule is C#Cc1cn2c(C=O)cnc2c(CC2CC2)n1. The molecule has 2 aromatic rings. The van der Waals surface area contributed by atoms with E-state index in [1.807, 2.05) is 0 Å². The predicted octanol–water partition coefficient (Wildman–Crippen LogP) is 1.48. The molecule has 0 atom stereocenters. The summed E-state index contributed by atoms with van der Waals surface area (Å²) < 4.78 is 1.73. The first kappa shape index (κ1) is 10.0. The molecule has 0 N–H and O–H groups in total. The van der Waals surface area contributed by atoms with E-state index < -0.39 is 0 Å². The van der Waals surface area contributed by atoms with Crippen molar-refractivity contribution >= 4 is 11.9 Å². The Morgan fingerprint density at radius 2 is 2.41 bits per heavy atom. The Labute approximate surface area is 98.7 Å². The van der Waals surface area contributed by atoms with Crippen molar-refractivity contribution in [1.82, 2.24) is 14.4 Å². The number of imidazole rings is 1. The summed E-state index contributed by atoms with van der Waals surface area (Å²) in [6, 6.07) is 0. The monoisotopic (exact) mass is 225 g/mol. The van der Waals surface area contributed by atoms with Gasteiger partial charge in [0.05, 0.1) is 11.9 Å². The summed E-state index contributed by atoms with van der Waals surface area (Å²) in [5.74, 6) is 3.22. The van der Waals surface area contributed by atoms with Gasteiger partial charge in [-0.25, -0.2) is 9.97 Å². The first-order valence-electron chi connectivity index (χ1n) is 5.60. The Morgan fingerprint density at radius 1 is 1.59 bits per heavy atom. The fourth-order valence-corrected chi connectivity index (χ4v) is 1.96. The molecule has 0 saturated heterocycles. The lowest BCUT2D eigenvalue weighted by atomic mass is 10.2. The number of hydrogen-bond donors (Lipinski definition) is 0. The largest absolute Gasteiger partial charge is 0.296 e. The van der Waals surface area contributed by atoms with Gasteiger partial charge in [0, 0.05) is 6.20 Å². The fraction of sp³-hybridized carbons (Fsp3) is 0.308. The van der Waals surface area contributed by atoms with Crippen molar-refractivity contribution in [2.24, 2.45) is 5.92 Å². The number of nitrogens with zero attached hydrogens (tertiary/aromatic N) is 3. The van der Waals surface area contributed by atoms with Gasteiger partial charge in [-0.1, -0.05) is 0 Å². The van der Waals surface area contributed by atoms with Crippen LogP contribution >= 0.6 is 0 Å². The van der Waals surface area contributed by atoms with Crippen LogP contribution in [-0.2, 0) is 6.42 Å². The lowest BCUT2D eigenvalue weighted by Crippen LogP contribution is -2.02. The molecule has 0 radical (unpaired) electrons. The van der Waals surface area contributed by atoms with Crippen molar-refractivity contribution in [2.45, 2.75) is 19.3 Å². The molecule has 4 heteroatoms. The standard InChI is InChI=1S/C13H11N3O/c1-2-10-7-16-11(8-17)6-14-13(16)12(15-10)5-9-3-4-9/h1,6-9H,3-5H2. The molecule has 1 saturated carbocycles. The van der Waals surface area contributed by atoms with E-state index in [4.69, 9.17) is 6.42 Å². The maximum atomic E-state index is 10.9. The predicted molar refractivity (Wildman–Crippen MR) is 62.7 cm³/mol. The van der Waals surface area contributed by atoms with E-state index in [0.717, 1.165) is 24.0 Å². The molecule has 0 unspecified atom stereocenters. The molecule has 0 bridgehead atoms. The van der Waals surface area contributed by atoms with Crippen molar-refractivity contribution < 1.29 is 4.79 Å².